The van der Waals surface area contributed by atoms with E-state index in [2.05, 4.69) is 43.4 Å². The molecular weight excluding hydrogens is 427 g/mol. The van der Waals surface area contributed by atoms with E-state index in [-0.39, 0.29) is 18.3 Å². The first-order chi connectivity index (χ1) is 13.7. The number of hydrogen-bond acceptors (Lipinski definition) is 5. The summed E-state index contributed by atoms with van der Waals surface area (Å²) in [7, 11) is 0. The second-order valence-corrected chi connectivity index (χ2v) is 8.39. The molecule has 0 radical (unpaired) electrons. The molecule has 0 atom stereocenters. The number of piperazine rings is 1. The number of rotatable bonds is 4. The van der Waals surface area contributed by atoms with E-state index in [1.165, 1.54) is 10.1 Å². The highest BCUT2D eigenvalue weighted by molar-refractivity contribution is 7.13. The van der Waals surface area contributed by atoms with Crippen LogP contribution in [0.2, 0.25) is 5.02 Å². The van der Waals surface area contributed by atoms with E-state index < -0.39 is 0 Å². The van der Waals surface area contributed by atoms with Crippen LogP contribution >= 0.6 is 35.5 Å². The van der Waals surface area contributed by atoms with E-state index in [1.54, 1.807) is 23.7 Å². The van der Waals surface area contributed by atoms with Crippen molar-refractivity contribution in [3.8, 4) is 0 Å². The Morgan fingerprint density at radius 1 is 1.10 bits per heavy atom. The van der Waals surface area contributed by atoms with Crippen LogP contribution in [0, 0.1) is 0 Å². The summed E-state index contributed by atoms with van der Waals surface area (Å²) in [6.45, 7) is 4.93. The van der Waals surface area contributed by atoms with Gasteiger partial charge < -0.3 is 4.90 Å². The molecule has 0 spiro atoms. The number of hydrogen-bond donors (Lipinski definition) is 0. The number of carbonyl (C=O) groups excluding carboxylic acids is 1. The van der Waals surface area contributed by atoms with Crippen LogP contribution in [-0.2, 0) is 11.2 Å². The van der Waals surface area contributed by atoms with E-state index in [1.807, 2.05) is 6.07 Å². The molecule has 0 N–H and O–H groups in total. The Bertz CT molecular complexity index is 1190. The van der Waals surface area contributed by atoms with Crippen LogP contribution in [-0.4, -0.2) is 47.9 Å². The zero-order valence-corrected chi connectivity index (χ0v) is 18.1. The van der Waals surface area contributed by atoms with Crippen molar-refractivity contribution in [2.75, 3.05) is 37.6 Å². The van der Waals surface area contributed by atoms with Crippen molar-refractivity contribution in [2.45, 2.75) is 6.42 Å². The minimum Gasteiger partial charge on any atom is -0.353 e. The molecule has 1 saturated heterocycles. The molecule has 2 aliphatic heterocycles. The molecule has 3 aromatic rings. The smallest absolute Gasteiger partial charge is 0.270 e. The van der Waals surface area contributed by atoms with Crippen LogP contribution < -0.4 is 15.5 Å². The Balaban J connectivity index is 0.00000205. The summed E-state index contributed by atoms with van der Waals surface area (Å²) in [6.07, 6.45) is 2.44. The third kappa shape index (κ3) is 4.03. The Hall–Kier alpha value is -1.99. The molecule has 0 aliphatic carbocycles. The molecule has 0 unspecified atom stereocenters. The van der Waals surface area contributed by atoms with Crippen LogP contribution in [0.5, 0.6) is 0 Å². The molecule has 5 rings (SSSR count). The van der Waals surface area contributed by atoms with Crippen LogP contribution in [0.1, 0.15) is 5.56 Å². The number of halogens is 2. The van der Waals surface area contributed by atoms with Crippen LogP contribution in [0.25, 0.3) is 16.2 Å². The van der Waals surface area contributed by atoms with Crippen LogP contribution in [0.3, 0.4) is 0 Å². The summed E-state index contributed by atoms with van der Waals surface area (Å²) in [5.74, 6) is 0.916. The number of amides is 1. The third-order valence-electron chi connectivity index (χ3n) is 5.43. The zero-order chi connectivity index (χ0) is 19.1. The van der Waals surface area contributed by atoms with Gasteiger partial charge in [0.25, 0.3) is 5.91 Å². The van der Waals surface area contributed by atoms with Gasteiger partial charge in [-0.05, 0) is 47.8 Å². The molecule has 8 heteroatoms. The fourth-order valence-corrected chi connectivity index (χ4v) is 4.93. The normalized spacial score (nSPS) is 16.3. The van der Waals surface area contributed by atoms with Gasteiger partial charge in [0.1, 0.15) is 5.82 Å². The first kappa shape index (κ1) is 20.3. The maximum Gasteiger partial charge on any atom is 0.270 e. The van der Waals surface area contributed by atoms with E-state index >= 15 is 0 Å². The number of nitrogens with zero attached hydrogens (tertiary/aromatic N) is 4. The van der Waals surface area contributed by atoms with Gasteiger partial charge >= 0.3 is 0 Å². The lowest BCUT2D eigenvalue weighted by atomic mass is 10.1. The summed E-state index contributed by atoms with van der Waals surface area (Å²) in [4.78, 5) is 20.3. The summed E-state index contributed by atoms with van der Waals surface area (Å²) in [5.41, 5.74) is 1.08. The minimum absolute atomic E-state index is 0. The summed E-state index contributed by atoms with van der Waals surface area (Å²) in [5, 5.41) is 3.51. The molecule has 1 fully saturated rings. The quantitative estimate of drug-likeness (QED) is 0.617. The lowest BCUT2D eigenvalue weighted by Crippen LogP contribution is -2.47. The summed E-state index contributed by atoms with van der Waals surface area (Å²) >= 11 is 7.97. The Labute approximate surface area is 183 Å². The van der Waals surface area contributed by atoms with Gasteiger partial charge in [0.15, 0.2) is 0 Å². The molecule has 1 aromatic heterocycles. The Morgan fingerprint density at radius 2 is 1.90 bits per heavy atom. The van der Waals surface area contributed by atoms with Crippen LogP contribution in [0.4, 0.5) is 5.82 Å². The predicted molar refractivity (Wildman–Crippen MR) is 121 cm³/mol. The van der Waals surface area contributed by atoms with Crippen LogP contribution in [0.15, 0.2) is 41.4 Å². The van der Waals surface area contributed by atoms with Crippen molar-refractivity contribution in [2.24, 2.45) is 4.99 Å². The molecule has 2 aliphatic rings. The number of fused-ring (bicyclic) bond motifs is 2. The standard InChI is InChI=1S/C21H19ClN4OS.ClH/c22-17-13-18-15(12-20(27)23-18)11-14(17)5-6-25-7-9-26(10-8-25)21-16-3-1-2-4-19(16)28-24-21;/h1-4,11-13H,5-10H2;1H. The molecule has 2 aromatic carbocycles. The third-order valence-corrected chi connectivity index (χ3v) is 6.60. The van der Waals surface area contributed by atoms with E-state index in [0.717, 1.165) is 55.7 Å². The number of anilines is 1. The molecule has 29 heavy (non-hydrogen) atoms. The van der Waals surface area contributed by atoms with Gasteiger partial charge in [0.2, 0.25) is 0 Å². The average molecular weight is 447 g/mol. The average Bonchev–Trinajstić information content (AvgIpc) is 3.29. The van der Waals surface area contributed by atoms with Gasteiger partial charge in [0, 0.05) is 54.4 Å². The molecule has 1 amide bonds. The summed E-state index contributed by atoms with van der Waals surface area (Å²) < 4.78 is 5.92. The molecule has 150 valence electrons. The molecule has 3 heterocycles. The first-order valence-corrected chi connectivity index (χ1v) is 10.6. The maximum absolute atomic E-state index is 11.5. The highest BCUT2D eigenvalue weighted by atomic mass is 35.5. The van der Waals surface area contributed by atoms with Gasteiger partial charge in [-0.15, -0.1) is 12.4 Å². The SMILES string of the molecule is Cl.O=C1C=c2cc(CCN3CCN(c4nsc5ccccc45)CC3)c(Cl)cc2=N1. The number of carbonyl (C=O) groups is 1. The topological polar surface area (TPSA) is 48.8 Å². The van der Waals surface area contributed by atoms with Crippen molar-refractivity contribution < 1.29 is 4.79 Å². The second kappa shape index (κ2) is 8.40. The number of benzene rings is 2. The summed E-state index contributed by atoms with van der Waals surface area (Å²) in [6, 6.07) is 12.2. The van der Waals surface area contributed by atoms with Crippen molar-refractivity contribution in [3.63, 3.8) is 0 Å². The highest BCUT2D eigenvalue weighted by Crippen LogP contribution is 2.29. The van der Waals surface area contributed by atoms with Crippen molar-refractivity contribution in [3.05, 3.63) is 57.6 Å². The lowest BCUT2D eigenvalue weighted by molar-refractivity contribution is -0.112. The van der Waals surface area contributed by atoms with E-state index in [0.29, 0.717) is 10.4 Å². The predicted octanol–water partition coefficient (Wildman–Crippen LogP) is 2.68. The van der Waals surface area contributed by atoms with Gasteiger partial charge in [0.05, 0.1) is 10.1 Å². The largest absolute Gasteiger partial charge is 0.353 e. The lowest BCUT2D eigenvalue weighted by Gasteiger charge is -2.35. The fraction of sp³-hybridized carbons (Fsp3) is 0.286. The van der Waals surface area contributed by atoms with E-state index in [9.17, 15) is 4.79 Å². The van der Waals surface area contributed by atoms with E-state index in [4.69, 9.17) is 11.6 Å². The van der Waals surface area contributed by atoms with Gasteiger partial charge in [-0.1, -0.05) is 23.7 Å². The van der Waals surface area contributed by atoms with Crippen molar-refractivity contribution >= 4 is 63.4 Å². The first-order valence-electron chi connectivity index (χ1n) is 9.42. The highest BCUT2D eigenvalue weighted by Gasteiger charge is 2.20. The minimum atomic E-state index is -0.200. The Kier molecular flexibility index (Phi) is 5.88. The maximum atomic E-state index is 11.5. The molecule has 5 nitrogen and oxygen atoms in total. The van der Waals surface area contributed by atoms with Crippen molar-refractivity contribution in [1.29, 1.82) is 0 Å². The molecule has 0 saturated carbocycles. The molecular formula is C21H20Cl2N4OS. The number of aromatic nitrogens is 1. The van der Waals surface area contributed by atoms with Gasteiger partial charge in [-0.2, -0.15) is 4.37 Å². The fourth-order valence-electron chi connectivity index (χ4n) is 3.88. The van der Waals surface area contributed by atoms with Gasteiger partial charge in [-0.3, -0.25) is 9.69 Å². The molecule has 0 bridgehead atoms. The van der Waals surface area contributed by atoms with Gasteiger partial charge in [-0.25, -0.2) is 4.99 Å². The van der Waals surface area contributed by atoms with Crippen molar-refractivity contribution in [1.82, 2.24) is 9.27 Å². The monoisotopic (exact) mass is 446 g/mol. The zero-order valence-electron chi connectivity index (χ0n) is 15.7. The second-order valence-electron chi connectivity index (χ2n) is 7.18. The Morgan fingerprint density at radius 3 is 2.72 bits per heavy atom.